The first-order chi connectivity index (χ1) is 12.4. The molecule has 0 spiro atoms. The summed E-state index contributed by atoms with van der Waals surface area (Å²) >= 11 is 0. The van der Waals surface area contributed by atoms with Crippen molar-refractivity contribution in [2.24, 2.45) is 0 Å². The van der Waals surface area contributed by atoms with Gasteiger partial charge < -0.3 is 0 Å². The molecule has 0 unspecified atom stereocenters. The fourth-order valence-corrected chi connectivity index (χ4v) is 3.26. The predicted octanol–water partition coefficient (Wildman–Crippen LogP) is 3.49. The van der Waals surface area contributed by atoms with Crippen LogP contribution in [0.5, 0.6) is 0 Å². The second kappa shape index (κ2) is 5.63. The number of rotatable bonds is 2. The molecule has 4 aromatic rings. The Morgan fingerprint density at radius 1 is 0.840 bits per heavy atom. The Morgan fingerprint density at radius 3 is 2.60 bits per heavy atom. The Labute approximate surface area is 145 Å². The lowest BCUT2D eigenvalue weighted by Gasteiger charge is -2.18. The normalized spacial score (nSPS) is 12.5. The van der Waals surface area contributed by atoms with Crippen molar-refractivity contribution in [1.29, 1.82) is 0 Å². The van der Waals surface area contributed by atoms with Crippen molar-refractivity contribution >= 4 is 0 Å². The second-order valence-corrected chi connectivity index (χ2v) is 6.10. The maximum Gasteiger partial charge on any atom is 0.0928 e. The Balaban J connectivity index is 1.58. The molecular formula is C20H15N5. The zero-order valence-electron chi connectivity index (χ0n) is 13.5. The Kier molecular flexibility index (Phi) is 3.16. The van der Waals surface area contributed by atoms with Gasteiger partial charge in [-0.1, -0.05) is 12.1 Å². The van der Waals surface area contributed by atoms with Gasteiger partial charge >= 0.3 is 0 Å². The summed E-state index contributed by atoms with van der Waals surface area (Å²) in [6.07, 6.45) is 11.2. The lowest BCUT2D eigenvalue weighted by Crippen LogP contribution is -2.07. The molecule has 0 radical (unpaired) electrons. The van der Waals surface area contributed by atoms with Gasteiger partial charge in [0.2, 0.25) is 0 Å². The van der Waals surface area contributed by atoms with Crippen LogP contribution in [0, 0.1) is 0 Å². The lowest BCUT2D eigenvalue weighted by molar-refractivity contribution is 0.874. The van der Waals surface area contributed by atoms with Crippen molar-refractivity contribution in [2.75, 3.05) is 0 Å². The molecule has 0 amide bonds. The first-order valence-electron chi connectivity index (χ1n) is 8.28. The van der Waals surface area contributed by atoms with E-state index < -0.39 is 0 Å². The third-order valence-electron chi connectivity index (χ3n) is 4.55. The van der Waals surface area contributed by atoms with E-state index in [-0.39, 0.29) is 0 Å². The number of fused-ring (bicyclic) bond motifs is 3. The van der Waals surface area contributed by atoms with Crippen molar-refractivity contribution in [3.63, 3.8) is 0 Å². The van der Waals surface area contributed by atoms with Gasteiger partial charge in [-0.2, -0.15) is 5.10 Å². The van der Waals surface area contributed by atoms with E-state index in [1.807, 2.05) is 41.5 Å². The van der Waals surface area contributed by atoms with E-state index in [2.05, 4.69) is 33.3 Å². The fraction of sp³-hybridized carbons (Fsp3) is 0.100. The number of nitrogens with zero attached hydrogens (tertiary/aromatic N) is 5. The second-order valence-electron chi connectivity index (χ2n) is 6.10. The lowest BCUT2D eigenvalue weighted by atomic mass is 9.92. The topological polar surface area (TPSA) is 56.5 Å². The summed E-state index contributed by atoms with van der Waals surface area (Å²) in [5, 5.41) is 4.44. The summed E-state index contributed by atoms with van der Waals surface area (Å²) in [6, 6.07) is 12.2. The van der Waals surface area contributed by atoms with E-state index in [0.717, 1.165) is 41.2 Å². The number of hydrogen-bond acceptors (Lipinski definition) is 4. The van der Waals surface area contributed by atoms with E-state index >= 15 is 0 Å². The standard InChI is InChI=1S/C20H15N5/c1-3-14-5-6-15-7-8-18(24-20(15)19(14)22-10-1)16-11-23-25(13-16)17-4-2-9-21-12-17/h1-4,7-13H,5-6H2. The maximum atomic E-state index is 4.90. The molecule has 25 heavy (non-hydrogen) atoms. The van der Waals surface area contributed by atoms with Crippen molar-refractivity contribution in [3.05, 3.63) is 78.5 Å². The molecule has 0 atom stereocenters. The van der Waals surface area contributed by atoms with Gasteiger partial charge in [0.05, 0.1) is 35.2 Å². The number of aryl methyl sites for hydroxylation is 2. The summed E-state index contributed by atoms with van der Waals surface area (Å²) in [4.78, 5) is 13.6. The van der Waals surface area contributed by atoms with Crippen LogP contribution in [-0.2, 0) is 12.8 Å². The Hall–Kier alpha value is -3.34. The van der Waals surface area contributed by atoms with Gasteiger partial charge in [-0.25, -0.2) is 9.67 Å². The van der Waals surface area contributed by atoms with Gasteiger partial charge in [0.15, 0.2) is 0 Å². The molecule has 0 fully saturated rings. The van der Waals surface area contributed by atoms with Crippen LogP contribution in [-0.4, -0.2) is 24.7 Å². The molecule has 0 saturated heterocycles. The van der Waals surface area contributed by atoms with Crippen LogP contribution in [0.3, 0.4) is 0 Å². The highest BCUT2D eigenvalue weighted by Crippen LogP contribution is 2.32. The maximum absolute atomic E-state index is 4.90. The van der Waals surface area contributed by atoms with Gasteiger partial charge in [-0.05, 0) is 48.2 Å². The minimum absolute atomic E-state index is 0.910. The Morgan fingerprint density at radius 2 is 1.72 bits per heavy atom. The molecule has 4 aromatic heterocycles. The van der Waals surface area contributed by atoms with Crippen LogP contribution in [0.25, 0.3) is 28.3 Å². The van der Waals surface area contributed by atoms with Crippen LogP contribution in [0.4, 0.5) is 0 Å². The molecule has 1 aliphatic carbocycles. The van der Waals surface area contributed by atoms with E-state index in [4.69, 9.17) is 4.98 Å². The van der Waals surface area contributed by atoms with Gasteiger partial charge in [0.25, 0.3) is 0 Å². The molecule has 4 heterocycles. The third kappa shape index (κ3) is 2.41. The van der Waals surface area contributed by atoms with Gasteiger partial charge in [-0.3, -0.25) is 9.97 Å². The minimum Gasteiger partial charge on any atom is -0.262 e. The third-order valence-corrected chi connectivity index (χ3v) is 4.55. The van der Waals surface area contributed by atoms with Crippen molar-refractivity contribution in [3.8, 4) is 28.3 Å². The predicted molar refractivity (Wildman–Crippen MR) is 95.2 cm³/mol. The molecule has 0 aliphatic heterocycles. The molecule has 0 saturated carbocycles. The van der Waals surface area contributed by atoms with E-state index in [0.29, 0.717) is 0 Å². The summed E-state index contributed by atoms with van der Waals surface area (Å²) in [5.74, 6) is 0. The Bertz CT molecular complexity index is 1050. The van der Waals surface area contributed by atoms with Crippen molar-refractivity contribution < 1.29 is 0 Å². The van der Waals surface area contributed by atoms with Crippen LogP contribution >= 0.6 is 0 Å². The number of pyridine rings is 3. The number of aromatic nitrogens is 5. The fourth-order valence-electron chi connectivity index (χ4n) is 3.26. The average Bonchev–Trinajstić information content (AvgIpc) is 3.18. The summed E-state index contributed by atoms with van der Waals surface area (Å²) in [6.45, 7) is 0. The van der Waals surface area contributed by atoms with Crippen LogP contribution < -0.4 is 0 Å². The summed E-state index contributed by atoms with van der Waals surface area (Å²) < 4.78 is 1.82. The van der Waals surface area contributed by atoms with E-state index in [1.54, 1.807) is 12.4 Å². The number of hydrogen-bond donors (Lipinski definition) is 0. The molecule has 0 bridgehead atoms. The van der Waals surface area contributed by atoms with Crippen LogP contribution in [0.2, 0.25) is 0 Å². The molecular weight excluding hydrogens is 310 g/mol. The van der Waals surface area contributed by atoms with E-state index in [9.17, 15) is 0 Å². The van der Waals surface area contributed by atoms with Crippen LogP contribution in [0.1, 0.15) is 11.1 Å². The van der Waals surface area contributed by atoms with Gasteiger partial charge in [0.1, 0.15) is 0 Å². The molecule has 120 valence electrons. The largest absolute Gasteiger partial charge is 0.262 e. The van der Waals surface area contributed by atoms with Crippen LogP contribution in [0.15, 0.2) is 67.4 Å². The monoisotopic (exact) mass is 325 g/mol. The zero-order chi connectivity index (χ0) is 16.6. The highest BCUT2D eigenvalue weighted by Gasteiger charge is 2.19. The first-order valence-corrected chi connectivity index (χ1v) is 8.28. The van der Waals surface area contributed by atoms with E-state index in [1.165, 1.54) is 11.1 Å². The van der Waals surface area contributed by atoms with Crippen molar-refractivity contribution in [1.82, 2.24) is 24.7 Å². The average molecular weight is 325 g/mol. The molecule has 5 heteroatoms. The summed E-state index contributed by atoms with van der Waals surface area (Å²) in [5.41, 5.74) is 7.35. The van der Waals surface area contributed by atoms with Crippen molar-refractivity contribution in [2.45, 2.75) is 12.8 Å². The van der Waals surface area contributed by atoms with Gasteiger partial charge in [-0.15, -0.1) is 0 Å². The van der Waals surface area contributed by atoms with Gasteiger partial charge in [0, 0.05) is 24.2 Å². The molecule has 0 aromatic carbocycles. The summed E-state index contributed by atoms with van der Waals surface area (Å²) in [7, 11) is 0. The molecule has 1 aliphatic rings. The quantitative estimate of drug-likeness (QED) is 0.566. The first kappa shape index (κ1) is 14.0. The SMILES string of the molecule is c1cncc(-n2cc(-c3ccc4c(n3)-c3ncccc3CC4)cn2)c1. The molecule has 5 nitrogen and oxygen atoms in total. The molecule has 5 rings (SSSR count). The smallest absolute Gasteiger partial charge is 0.0928 e. The highest BCUT2D eigenvalue weighted by atomic mass is 15.3. The highest BCUT2D eigenvalue weighted by molar-refractivity contribution is 5.70. The molecule has 0 N–H and O–H groups in total. The minimum atomic E-state index is 0.910. The zero-order valence-corrected chi connectivity index (χ0v) is 13.5.